The van der Waals surface area contributed by atoms with Gasteiger partial charge in [-0.15, -0.1) is 11.3 Å². The summed E-state index contributed by atoms with van der Waals surface area (Å²) in [5.41, 5.74) is 2.60. The van der Waals surface area contributed by atoms with E-state index in [2.05, 4.69) is 59.4 Å². The smallest absolute Gasteiger partial charge is 0.115 e. The molecule has 4 heteroatoms. The van der Waals surface area contributed by atoms with Crippen molar-refractivity contribution in [3.63, 3.8) is 0 Å². The van der Waals surface area contributed by atoms with Gasteiger partial charge in [-0.2, -0.15) is 0 Å². The molecule has 1 aromatic carbocycles. The zero-order valence-electron chi connectivity index (χ0n) is 11.8. The Morgan fingerprint density at radius 1 is 1.25 bits per heavy atom. The molecule has 1 N–H and O–H groups in total. The van der Waals surface area contributed by atoms with Crippen molar-refractivity contribution in [2.75, 3.05) is 0 Å². The Labute approximate surface area is 132 Å². The van der Waals surface area contributed by atoms with E-state index in [1.807, 2.05) is 11.3 Å². The number of hydrogen-bond donors (Lipinski definition) is 1. The third kappa shape index (κ3) is 2.83. The molecule has 1 heterocycles. The van der Waals surface area contributed by atoms with Crippen LogP contribution in [0.1, 0.15) is 47.5 Å². The van der Waals surface area contributed by atoms with Gasteiger partial charge in [0.25, 0.3) is 0 Å². The van der Waals surface area contributed by atoms with E-state index in [9.17, 15) is 0 Å². The predicted octanol–water partition coefficient (Wildman–Crippen LogP) is 4.48. The number of thiazole rings is 1. The van der Waals surface area contributed by atoms with Gasteiger partial charge in [0.15, 0.2) is 0 Å². The lowest BCUT2D eigenvalue weighted by molar-refractivity contribution is 0.525. The molecule has 20 heavy (non-hydrogen) atoms. The van der Waals surface area contributed by atoms with Crippen LogP contribution in [0.25, 0.3) is 0 Å². The summed E-state index contributed by atoms with van der Waals surface area (Å²) < 4.78 is 1.15. The van der Waals surface area contributed by atoms with Crippen LogP contribution in [0.3, 0.4) is 0 Å². The number of nitrogens with zero attached hydrogens (tertiary/aromatic N) is 1. The second kappa shape index (κ2) is 5.96. The maximum absolute atomic E-state index is 4.90. The largest absolute Gasteiger partial charge is 0.302 e. The van der Waals surface area contributed by atoms with E-state index in [4.69, 9.17) is 4.98 Å². The Morgan fingerprint density at radius 3 is 2.75 bits per heavy atom. The molecule has 0 amide bonds. The summed E-state index contributed by atoms with van der Waals surface area (Å²) in [6.45, 7) is 4.37. The Morgan fingerprint density at radius 2 is 2.05 bits per heavy atom. The van der Waals surface area contributed by atoms with Crippen LogP contribution in [-0.4, -0.2) is 11.0 Å². The highest BCUT2D eigenvalue weighted by Crippen LogP contribution is 2.35. The number of benzene rings is 1. The summed E-state index contributed by atoms with van der Waals surface area (Å²) in [6.07, 6.45) is 3.62. The molecule has 2 nitrogen and oxygen atoms in total. The predicted molar refractivity (Wildman–Crippen MR) is 88.4 cm³/mol. The Hall–Kier alpha value is -0.710. The normalized spacial score (nSPS) is 15.6. The summed E-state index contributed by atoms with van der Waals surface area (Å²) in [6, 6.07) is 9.03. The molecule has 106 valence electrons. The van der Waals surface area contributed by atoms with Crippen LogP contribution in [-0.2, 0) is 12.8 Å². The first kappa shape index (κ1) is 14.2. The highest BCUT2D eigenvalue weighted by atomic mass is 79.9. The fourth-order valence-corrected chi connectivity index (χ4v) is 4.42. The maximum atomic E-state index is 4.90. The van der Waals surface area contributed by atoms with E-state index in [1.165, 1.54) is 34.0 Å². The Kier molecular flexibility index (Phi) is 4.24. The van der Waals surface area contributed by atoms with Gasteiger partial charge in [0.2, 0.25) is 0 Å². The van der Waals surface area contributed by atoms with Crippen LogP contribution in [0.5, 0.6) is 0 Å². The topological polar surface area (TPSA) is 24.9 Å². The van der Waals surface area contributed by atoms with Crippen molar-refractivity contribution in [2.45, 2.75) is 45.2 Å². The fourth-order valence-electron chi connectivity index (χ4n) is 2.67. The van der Waals surface area contributed by atoms with Crippen LogP contribution >= 0.6 is 27.3 Å². The summed E-state index contributed by atoms with van der Waals surface area (Å²) in [7, 11) is 0. The van der Waals surface area contributed by atoms with Gasteiger partial charge in [-0.05, 0) is 44.7 Å². The highest BCUT2D eigenvalue weighted by Gasteiger charge is 2.24. The quantitative estimate of drug-likeness (QED) is 0.878. The molecule has 1 aliphatic carbocycles. The first-order valence-corrected chi connectivity index (χ1v) is 8.75. The van der Waals surface area contributed by atoms with E-state index < -0.39 is 0 Å². The summed E-state index contributed by atoms with van der Waals surface area (Å²) >= 11 is 5.56. The van der Waals surface area contributed by atoms with Gasteiger partial charge in [0.1, 0.15) is 5.01 Å². The zero-order valence-corrected chi connectivity index (χ0v) is 14.2. The number of hydrogen-bond acceptors (Lipinski definition) is 3. The number of halogens is 1. The van der Waals surface area contributed by atoms with E-state index in [0.29, 0.717) is 6.04 Å². The maximum Gasteiger partial charge on any atom is 0.115 e. The SMILES string of the molecule is CC(C)NC(c1nc2c(s1)CCC2)c1ccccc1Br. The van der Waals surface area contributed by atoms with Crippen molar-refractivity contribution in [3.8, 4) is 0 Å². The van der Waals surface area contributed by atoms with Crippen LogP contribution in [0.15, 0.2) is 28.7 Å². The molecule has 0 saturated carbocycles. The van der Waals surface area contributed by atoms with Crippen molar-refractivity contribution >= 4 is 27.3 Å². The molecule has 0 saturated heterocycles. The molecule has 0 radical (unpaired) electrons. The van der Waals surface area contributed by atoms with Crippen LogP contribution in [0.4, 0.5) is 0 Å². The van der Waals surface area contributed by atoms with Crippen molar-refractivity contribution in [3.05, 3.63) is 49.9 Å². The number of fused-ring (bicyclic) bond motifs is 1. The van der Waals surface area contributed by atoms with E-state index >= 15 is 0 Å². The number of rotatable bonds is 4. The standard InChI is InChI=1S/C16H19BrN2S/c1-10(2)18-15(11-6-3-4-7-12(11)17)16-19-13-8-5-9-14(13)20-16/h3-4,6-7,10,15,18H,5,8-9H2,1-2H3. The monoisotopic (exact) mass is 350 g/mol. The minimum atomic E-state index is 0.182. The van der Waals surface area contributed by atoms with E-state index in [-0.39, 0.29) is 6.04 Å². The molecule has 2 aromatic rings. The van der Waals surface area contributed by atoms with Gasteiger partial charge in [-0.25, -0.2) is 4.98 Å². The van der Waals surface area contributed by atoms with E-state index in [0.717, 1.165) is 10.9 Å². The van der Waals surface area contributed by atoms with Crippen molar-refractivity contribution in [1.82, 2.24) is 10.3 Å². The molecule has 1 aromatic heterocycles. The second-order valence-electron chi connectivity index (χ2n) is 5.55. The highest BCUT2D eigenvalue weighted by molar-refractivity contribution is 9.10. The van der Waals surface area contributed by atoms with Crippen molar-refractivity contribution in [2.24, 2.45) is 0 Å². The van der Waals surface area contributed by atoms with Crippen molar-refractivity contribution in [1.29, 1.82) is 0 Å². The van der Waals surface area contributed by atoms with Crippen LogP contribution < -0.4 is 5.32 Å². The molecule has 0 bridgehead atoms. The second-order valence-corrected chi connectivity index (χ2v) is 7.52. The average molecular weight is 351 g/mol. The third-order valence-corrected chi connectivity index (χ3v) is 5.52. The first-order chi connectivity index (χ1) is 9.65. The summed E-state index contributed by atoms with van der Waals surface area (Å²) in [5, 5.41) is 4.86. The average Bonchev–Trinajstić information content (AvgIpc) is 2.97. The molecule has 1 unspecified atom stereocenters. The fraction of sp³-hybridized carbons (Fsp3) is 0.438. The third-order valence-electron chi connectivity index (χ3n) is 3.58. The number of nitrogens with one attached hydrogen (secondary N) is 1. The summed E-state index contributed by atoms with van der Waals surface area (Å²) in [4.78, 5) is 6.39. The molecule has 0 spiro atoms. The lowest BCUT2D eigenvalue weighted by Crippen LogP contribution is -2.29. The number of aryl methyl sites for hydroxylation is 2. The van der Waals surface area contributed by atoms with Gasteiger partial charge in [0, 0.05) is 15.4 Å². The Bertz CT molecular complexity index is 585. The minimum Gasteiger partial charge on any atom is -0.302 e. The number of aromatic nitrogens is 1. The van der Waals surface area contributed by atoms with Gasteiger partial charge in [-0.1, -0.05) is 34.1 Å². The van der Waals surface area contributed by atoms with E-state index in [1.54, 1.807) is 0 Å². The molecular formula is C16H19BrN2S. The van der Waals surface area contributed by atoms with Crippen LogP contribution in [0.2, 0.25) is 0 Å². The first-order valence-electron chi connectivity index (χ1n) is 7.14. The molecule has 0 aliphatic heterocycles. The molecular weight excluding hydrogens is 332 g/mol. The van der Waals surface area contributed by atoms with Crippen LogP contribution in [0, 0.1) is 0 Å². The summed E-state index contributed by atoms with van der Waals surface area (Å²) in [5.74, 6) is 0. The molecule has 1 aliphatic rings. The van der Waals surface area contributed by atoms with Crippen molar-refractivity contribution < 1.29 is 0 Å². The Balaban J connectivity index is 1.99. The zero-order chi connectivity index (χ0) is 14.1. The van der Waals surface area contributed by atoms with Gasteiger partial charge in [-0.3, -0.25) is 0 Å². The molecule has 0 fully saturated rings. The molecule has 3 rings (SSSR count). The molecule has 1 atom stereocenters. The van der Waals surface area contributed by atoms with Gasteiger partial charge < -0.3 is 5.32 Å². The van der Waals surface area contributed by atoms with Gasteiger partial charge in [0.05, 0.1) is 11.7 Å². The lowest BCUT2D eigenvalue weighted by Gasteiger charge is -2.21. The van der Waals surface area contributed by atoms with Gasteiger partial charge >= 0.3 is 0 Å². The minimum absolute atomic E-state index is 0.182. The lowest BCUT2D eigenvalue weighted by atomic mass is 10.1.